The Bertz CT molecular complexity index is 788. The predicted octanol–water partition coefficient (Wildman–Crippen LogP) is 3.69. The highest BCUT2D eigenvalue weighted by atomic mass is 32.1. The van der Waals surface area contributed by atoms with E-state index in [9.17, 15) is 0 Å². The molecule has 1 aromatic heterocycles. The van der Waals surface area contributed by atoms with Crippen molar-refractivity contribution in [1.29, 1.82) is 0 Å². The van der Waals surface area contributed by atoms with Crippen molar-refractivity contribution in [2.45, 2.75) is 32.7 Å². The summed E-state index contributed by atoms with van der Waals surface area (Å²) < 4.78 is 5.52. The van der Waals surface area contributed by atoms with Gasteiger partial charge in [-0.05, 0) is 50.5 Å². The van der Waals surface area contributed by atoms with E-state index < -0.39 is 0 Å². The Labute approximate surface area is 172 Å². The second kappa shape index (κ2) is 9.82. The molecule has 0 spiro atoms. The summed E-state index contributed by atoms with van der Waals surface area (Å²) in [4.78, 5) is 9.60. The number of rotatable bonds is 7. The van der Waals surface area contributed by atoms with Gasteiger partial charge in [0.15, 0.2) is 5.96 Å². The summed E-state index contributed by atoms with van der Waals surface area (Å²) in [6, 6.07) is 13.0. The second-order valence-corrected chi connectivity index (χ2v) is 8.86. The molecule has 0 aliphatic carbocycles. The van der Waals surface area contributed by atoms with Crippen LogP contribution in [0, 0.1) is 12.8 Å². The van der Waals surface area contributed by atoms with Gasteiger partial charge in [0.25, 0.3) is 0 Å². The molecule has 28 heavy (non-hydrogen) atoms. The molecular formula is C22H32N4OS. The van der Waals surface area contributed by atoms with E-state index in [-0.39, 0.29) is 0 Å². The molecule has 5 nitrogen and oxygen atoms in total. The van der Waals surface area contributed by atoms with Crippen LogP contribution >= 0.6 is 11.3 Å². The topological polar surface area (TPSA) is 48.9 Å². The Hall–Kier alpha value is -2.21. The summed E-state index contributed by atoms with van der Waals surface area (Å²) in [7, 11) is 3.58. The van der Waals surface area contributed by atoms with Gasteiger partial charge in [0.2, 0.25) is 0 Å². The van der Waals surface area contributed by atoms with Gasteiger partial charge in [-0.3, -0.25) is 4.99 Å². The average molecular weight is 401 g/mol. The molecule has 0 bridgehead atoms. The van der Waals surface area contributed by atoms with Gasteiger partial charge >= 0.3 is 0 Å². The Morgan fingerprint density at radius 2 is 2.14 bits per heavy atom. The summed E-state index contributed by atoms with van der Waals surface area (Å²) >= 11 is 1.87. The molecule has 2 N–H and O–H groups in total. The van der Waals surface area contributed by atoms with Gasteiger partial charge in [-0.15, -0.1) is 11.3 Å². The molecule has 1 saturated heterocycles. The lowest BCUT2D eigenvalue weighted by Crippen LogP contribution is -2.44. The third kappa shape index (κ3) is 5.41. The molecule has 0 radical (unpaired) electrons. The molecule has 0 saturated carbocycles. The van der Waals surface area contributed by atoms with Crippen LogP contribution in [0.15, 0.2) is 41.4 Å². The molecule has 2 unspecified atom stereocenters. The Morgan fingerprint density at radius 1 is 1.32 bits per heavy atom. The van der Waals surface area contributed by atoms with Crippen LogP contribution in [0.4, 0.5) is 5.69 Å². The molecule has 3 rings (SSSR count). The Morgan fingerprint density at radius 3 is 2.86 bits per heavy atom. The Kier molecular flexibility index (Phi) is 7.20. The number of anilines is 1. The number of benzene rings is 1. The fourth-order valence-electron chi connectivity index (χ4n) is 3.73. The van der Waals surface area contributed by atoms with Crippen LogP contribution in [-0.2, 0) is 6.42 Å². The molecule has 0 amide bonds. The maximum absolute atomic E-state index is 5.52. The normalized spacial score (nSPS) is 18.2. The minimum atomic E-state index is 0.345. The van der Waals surface area contributed by atoms with Crippen molar-refractivity contribution in [1.82, 2.24) is 10.6 Å². The number of hydrogen-bond acceptors (Lipinski definition) is 4. The number of nitrogens with one attached hydrogen (secondary N) is 2. The van der Waals surface area contributed by atoms with E-state index in [4.69, 9.17) is 4.74 Å². The van der Waals surface area contributed by atoms with Crippen molar-refractivity contribution in [2.24, 2.45) is 10.9 Å². The number of guanidine groups is 1. The van der Waals surface area contributed by atoms with Crippen LogP contribution in [0.3, 0.4) is 0 Å². The lowest BCUT2D eigenvalue weighted by atomic mass is 10.1. The summed E-state index contributed by atoms with van der Waals surface area (Å²) in [5, 5.41) is 7.04. The zero-order valence-electron chi connectivity index (χ0n) is 17.4. The highest BCUT2D eigenvalue weighted by Crippen LogP contribution is 2.31. The molecule has 1 aliphatic heterocycles. The number of ether oxygens (including phenoxy) is 1. The molecule has 1 fully saturated rings. The number of hydrogen-bond donors (Lipinski definition) is 2. The van der Waals surface area contributed by atoms with Gasteiger partial charge in [0.1, 0.15) is 5.75 Å². The number of aliphatic imine (C=N–C) groups is 1. The van der Waals surface area contributed by atoms with Crippen molar-refractivity contribution in [3.05, 3.63) is 46.2 Å². The minimum Gasteiger partial charge on any atom is -0.495 e. The van der Waals surface area contributed by atoms with E-state index in [0.717, 1.165) is 37.8 Å². The highest BCUT2D eigenvalue weighted by molar-refractivity contribution is 7.11. The highest BCUT2D eigenvalue weighted by Gasteiger charge is 2.24. The van der Waals surface area contributed by atoms with Crippen molar-refractivity contribution in [3.8, 4) is 5.75 Å². The van der Waals surface area contributed by atoms with E-state index >= 15 is 0 Å². The number of methoxy groups -OCH3 is 1. The second-order valence-electron chi connectivity index (χ2n) is 7.49. The summed E-state index contributed by atoms with van der Waals surface area (Å²) in [6.07, 6.45) is 2.19. The molecule has 2 heterocycles. The smallest absolute Gasteiger partial charge is 0.191 e. The van der Waals surface area contributed by atoms with E-state index in [1.807, 2.05) is 30.5 Å². The third-order valence-corrected chi connectivity index (χ3v) is 6.20. The first-order valence-electron chi connectivity index (χ1n) is 9.99. The van der Waals surface area contributed by atoms with E-state index in [1.54, 1.807) is 7.11 Å². The minimum absolute atomic E-state index is 0.345. The lowest BCUT2D eigenvalue weighted by molar-refractivity contribution is 0.414. The van der Waals surface area contributed by atoms with Crippen LogP contribution in [0.5, 0.6) is 5.75 Å². The molecule has 2 atom stereocenters. The van der Waals surface area contributed by atoms with Crippen LogP contribution < -0.4 is 20.3 Å². The van der Waals surface area contributed by atoms with Gasteiger partial charge in [0.05, 0.1) is 12.8 Å². The molecule has 1 aliphatic rings. The predicted molar refractivity (Wildman–Crippen MR) is 120 cm³/mol. The van der Waals surface area contributed by atoms with Crippen LogP contribution in [-0.4, -0.2) is 45.8 Å². The maximum atomic E-state index is 5.52. The summed E-state index contributed by atoms with van der Waals surface area (Å²) in [5.41, 5.74) is 1.19. The average Bonchev–Trinajstić information content (AvgIpc) is 3.34. The number of nitrogens with zero attached hydrogens (tertiary/aromatic N) is 2. The molecule has 152 valence electrons. The number of aryl methyl sites for hydroxylation is 1. The standard InChI is InChI=1S/C22H32N4OS/c1-16(13-19-10-9-17(2)28-19)25-22(23-3)24-14-18-11-12-26(15-18)20-7-5-6-8-21(20)27-4/h5-10,16,18H,11-15H2,1-4H3,(H2,23,24,25). The van der Waals surface area contributed by atoms with E-state index in [0.29, 0.717) is 12.0 Å². The molecule has 6 heteroatoms. The fraction of sp³-hybridized carbons (Fsp3) is 0.500. The first-order chi connectivity index (χ1) is 13.6. The summed E-state index contributed by atoms with van der Waals surface area (Å²) in [6.45, 7) is 7.39. The first kappa shape index (κ1) is 20.5. The van der Waals surface area contributed by atoms with Gasteiger partial charge in [-0.1, -0.05) is 12.1 Å². The number of thiophene rings is 1. The van der Waals surface area contributed by atoms with Crippen LogP contribution in [0.2, 0.25) is 0 Å². The van der Waals surface area contributed by atoms with Crippen molar-refractivity contribution in [3.63, 3.8) is 0 Å². The van der Waals surface area contributed by atoms with E-state index in [2.05, 4.69) is 58.6 Å². The van der Waals surface area contributed by atoms with Crippen LogP contribution in [0.25, 0.3) is 0 Å². The monoisotopic (exact) mass is 400 g/mol. The van der Waals surface area contributed by atoms with Crippen molar-refractivity contribution < 1.29 is 4.74 Å². The third-order valence-electron chi connectivity index (χ3n) is 5.18. The maximum Gasteiger partial charge on any atom is 0.191 e. The zero-order valence-corrected chi connectivity index (χ0v) is 18.2. The van der Waals surface area contributed by atoms with Crippen molar-refractivity contribution >= 4 is 23.0 Å². The van der Waals surface area contributed by atoms with Crippen molar-refractivity contribution in [2.75, 3.05) is 38.7 Å². The van der Waals surface area contributed by atoms with Gasteiger partial charge in [0, 0.05) is 48.9 Å². The quantitative estimate of drug-likeness (QED) is 0.550. The van der Waals surface area contributed by atoms with Gasteiger partial charge in [-0.2, -0.15) is 0 Å². The molecular weight excluding hydrogens is 368 g/mol. The largest absolute Gasteiger partial charge is 0.495 e. The fourth-order valence-corrected chi connectivity index (χ4v) is 4.74. The van der Waals surface area contributed by atoms with E-state index in [1.165, 1.54) is 21.9 Å². The lowest BCUT2D eigenvalue weighted by Gasteiger charge is -2.22. The zero-order chi connectivity index (χ0) is 19.9. The van der Waals surface area contributed by atoms with Gasteiger partial charge in [-0.25, -0.2) is 0 Å². The van der Waals surface area contributed by atoms with Crippen LogP contribution in [0.1, 0.15) is 23.1 Å². The van der Waals surface area contributed by atoms with Gasteiger partial charge < -0.3 is 20.3 Å². The molecule has 2 aromatic rings. The SMILES string of the molecule is CN=C(NCC1CCN(c2ccccc2OC)C1)NC(C)Cc1ccc(C)s1. The molecule has 1 aromatic carbocycles. The Balaban J connectivity index is 1.46. The first-order valence-corrected chi connectivity index (χ1v) is 10.8. The number of para-hydroxylation sites is 2. The summed E-state index contributed by atoms with van der Waals surface area (Å²) in [5.74, 6) is 2.43.